The van der Waals surface area contributed by atoms with Gasteiger partial charge in [0.2, 0.25) is 0 Å². The summed E-state index contributed by atoms with van der Waals surface area (Å²) >= 11 is 0. The third kappa shape index (κ3) is 9.39. The number of nitrogens with two attached hydrogens (primary N) is 1. The third-order valence-electron chi connectivity index (χ3n) is 4.48. The van der Waals surface area contributed by atoms with Crippen molar-refractivity contribution in [2.75, 3.05) is 13.2 Å². The summed E-state index contributed by atoms with van der Waals surface area (Å²) in [4.78, 5) is 11.9. The fraction of sp³-hybridized carbons (Fsp3) is 0.320. The van der Waals surface area contributed by atoms with Crippen molar-refractivity contribution in [1.82, 2.24) is 5.32 Å². The Morgan fingerprint density at radius 1 is 1.19 bits per heavy atom. The zero-order valence-corrected chi connectivity index (χ0v) is 18.5. The van der Waals surface area contributed by atoms with Crippen LogP contribution in [0.2, 0.25) is 0 Å². The summed E-state index contributed by atoms with van der Waals surface area (Å²) < 4.78 is 0. The highest BCUT2D eigenvalue weighted by Crippen LogP contribution is 2.16. The number of benzene rings is 2. The highest BCUT2D eigenvalue weighted by molar-refractivity contribution is 6.11. The molecule has 164 valence electrons. The fourth-order valence-electron chi connectivity index (χ4n) is 2.59. The van der Waals surface area contributed by atoms with E-state index in [-0.39, 0.29) is 12.5 Å². The number of hydrogen-bond acceptors (Lipinski definition) is 5. The highest BCUT2D eigenvalue weighted by atomic mass is 16.3. The van der Waals surface area contributed by atoms with Gasteiger partial charge in [-0.05, 0) is 54.2 Å². The molecule has 0 fully saturated rings. The van der Waals surface area contributed by atoms with E-state index in [9.17, 15) is 4.79 Å². The van der Waals surface area contributed by atoms with Crippen LogP contribution in [0.15, 0.2) is 54.6 Å². The summed E-state index contributed by atoms with van der Waals surface area (Å²) in [6.45, 7) is 6.91. The van der Waals surface area contributed by atoms with E-state index in [0.717, 1.165) is 23.1 Å². The van der Waals surface area contributed by atoms with Crippen LogP contribution >= 0.6 is 0 Å². The number of aliphatic hydroxyl groups excluding tert-OH is 1. The number of nitrogens with zero attached hydrogens (tertiary/aromatic N) is 1. The third-order valence-corrected chi connectivity index (χ3v) is 4.48. The molecule has 0 saturated carbocycles. The second-order valence-corrected chi connectivity index (χ2v) is 7.47. The van der Waals surface area contributed by atoms with Gasteiger partial charge in [-0.2, -0.15) is 5.26 Å². The molecule has 6 nitrogen and oxygen atoms in total. The Hall–Kier alpha value is -3.27. The Balaban J connectivity index is 0.000000703. The first-order valence-electron chi connectivity index (χ1n) is 10.2. The second-order valence-electron chi connectivity index (χ2n) is 7.47. The van der Waals surface area contributed by atoms with Crippen molar-refractivity contribution in [3.8, 4) is 6.07 Å². The van der Waals surface area contributed by atoms with Crippen LogP contribution in [0.5, 0.6) is 0 Å². The maximum atomic E-state index is 11.9. The molecule has 0 heterocycles. The normalized spacial score (nSPS) is 10.7. The number of aliphatic hydroxyl groups is 1. The lowest BCUT2D eigenvalue weighted by molar-refractivity contribution is 0.0958. The molecular weight excluding hydrogens is 388 g/mol. The summed E-state index contributed by atoms with van der Waals surface area (Å²) in [7, 11) is 0. The van der Waals surface area contributed by atoms with Gasteiger partial charge in [-0.15, -0.1) is 0 Å². The van der Waals surface area contributed by atoms with Crippen LogP contribution in [-0.4, -0.2) is 29.9 Å². The van der Waals surface area contributed by atoms with E-state index in [2.05, 4.69) is 19.2 Å². The second kappa shape index (κ2) is 13.9. The Morgan fingerprint density at radius 3 is 2.35 bits per heavy atom. The minimum absolute atomic E-state index is 0.0433. The van der Waals surface area contributed by atoms with Gasteiger partial charge in [0.1, 0.15) is 6.54 Å². The van der Waals surface area contributed by atoms with Gasteiger partial charge in [-0.25, -0.2) is 0 Å². The Morgan fingerprint density at radius 2 is 1.84 bits per heavy atom. The number of carbonyl (C=O) groups is 1. The molecule has 0 spiro atoms. The number of carbonyl (C=O) groups excluding carboxylic acids is 1. The zero-order valence-electron chi connectivity index (χ0n) is 18.5. The molecule has 0 aliphatic heterocycles. The summed E-state index contributed by atoms with van der Waals surface area (Å²) in [5, 5.41) is 27.5. The first-order valence-corrected chi connectivity index (χ1v) is 10.2. The van der Waals surface area contributed by atoms with Gasteiger partial charge in [-0.3, -0.25) is 4.79 Å². The van der Waals surface area contributed by atoms with Crippen molar-refractivity contribution in [2.24, 2.45) is 11.7 Å². The van der Waals surface area contributed by atoms with Gasteiger partial charge in [0.15, 0.2) is 0 Å². The van der Waals surface area contributed by atoms with E-state index in [1.807, 2.05) is 37.3 Å². The standard InChI is InChI=1S/C20H20N4O.C5H12O/c1-14(16-7-5-15(13-22)6-8-16)11-19(23)17-3-2-4-18(12-17)20(25)24-10-9-21;1-5(2)3-4-6/h2-8,11-12,23H,10,13,22H2,1H3,(H,24,25);5-6H,3-4H2,1-2H3/b14-11+,23-19?;. The topological polar surface area (TPSA) is 123 Å². The molecule has 1 amide bonds. The maximum absolute atomic E-state index is 11.9. The van der Waals surface area contributed by atoms with Gasteiger partial charge >= 0.3 is 0 Å². The molecular formula is C25H32N4O2. The van der Waals surface area contributed by atoms with Gasteiger partial charge in [0.25, 0.3) is 5.91 Å². The first-order chi connectivity index (χ1) is 14.8. The minimum Gasteiger partial charge on any atom is -0.396 e. The van der Waals surface area contributed by atoms with E-state index in [1.165, 1.54) is 0 Å². The summed E-state index contributed by atoms with van der Waals surface area (Å²) in [5.41, 5.74) is 10.0. The average molecular weight is 421 g/mol. The van der Waals surface area contributed by atoms with Crippen LogP contribution in [0.4, 0.5) is 0 Å². The SMILES string of the molecule is C/C(=C\C(=N)c1cccc(C(=O)NCC#N)c1)c1ccc(CN)cc1.CC(C)CCO. The molecule has 0 saturated heterocycles. The molecule has 0 radical (unpaired) electrons. The van der Waals surface area contributed by atoms with Crippen molar-refractivity contribution in [2.45, 2.75) is 33.7 Å². The van der Waals surface area contributed by atoms with Crippen molar-refractivity contribution >= 4 is 17.2 Å². The van der Waals surface area contributed by atoms with Gasteiger partial charge in [0.05, 0.1) is 11.8 Å². The molecule has 5 N–H and O–H groups in total. The number of hydrogen-bond donors (Lipinski definition) is 4. The number of nitrogens with one attached hydrogen (secondary N) is 2. The maximum Gasteiger partial charge on any atom is 0.252 e. The lowest BCUT2D eigenvalue weighted by atomic mass is 10.0. The number of nitriles is 1. The van der Waals surface area contributed by atoms with E-state index >= 15 is 0 Å². The molecule has 0 bridgehead atoms. The monoisotopic (exact) mass is 420 g/mol. The quantitative estimate of drug-likeness (QED) is 0.382. The Kier molecular flexibility index (Phi) is 11.5. The van der Waals surface area contributed by atoms with Gasteiger partial charge in [-0.1, -0.05) is 50.2 Å². The largest absolute Gasteiger partial charge is 0.396 e. The fourth-order valence-corrected chi connectivity index (χ4v) is 2.59. The summed E-state index contributed by atoms with van der Waals surface area (Å²) in [6.07, 6.45) is 2.70. The lowest BCUT2D eigenvalue weighted by Crippen LogP contribution is -2.23. The Labute approximate surface area is 184 Å². The summed E-state index contributed by atoms with van der Waals surface area (Å²) in [6, 6.07) is 16.6. The molecule has 31 heavy (non-hydrogen) atoms. The van der Waals surface area contributed by atoms with Gasteiger partial charge in [0, 0.05) is 24.3 Å². The van der Waals surface area contributed by atoms with Crippen molar-refractivity contribution < 1.29 is 9.90 Å². The van der Waals surface area contributed by atoms with Crippen LogP contribution < -0.4 is 11.1 Å². The van der Waals surface area contributed by atoms with E-state index in [1.54, 1.807) is 30.3 Å². The summed E-state index contributed by atoms with van der Waals surface area (Å²) in [5.74, 6) is 0.323. The van der Waals surface area contributed by atoms with Crippen LogP contribution in [0.3, 0.4) is 0 Å². The molecule has 2 aromatic rings. The van der Waals surface area contributed by atoms with Crippen LogP contribution in [0.1, 0.15) is 54.2 Å². The molecule has 6 heteroatoms. The lowest BCUT2D eigenvalue weighted by Gasteiger charge is -2.07. The molecule has 2 rings (SSSR count). The first kappa shape index (κ1) is 25.8. The molecule has 0 atom stereocenters. The zero-order chi connectivity index (χ0) is 23.2. The van der Waals surface area contributed by atoms with Crippen LogP contribution in [-0.2, 0) is 6.54 Å². The molecule has 0 aliphatic rings. The number of amides is 1. The van der Waals surface area contributed by atoms with Crippen LogP contribution in [0, 0.1) is 22.7 Å². The number of rotatable bonds is 8. The van der Waals surface area contributed by atoms with E-state index in [4.69, 9.17) is 21.5 Å². The van der Waals surface area contributed by atoms with E-state index in [0.29, 0.717) is 35.9 Å². The smallest absolute Gasteiger partial charge is 0.252 e. The minimum atomic E-state index is -0.325. The Bertz CT molecular complexity index is 925. The number of allylic oxidation sites excluding steroid dienone is 2. The van der Waals surface area contributed by atoms with Crippen molar-refractivity contribution in [3.63, 3.8) is 0 Å². The van der Waals surface area contributed by atoms with Gasteiger partial charge < -0.3 is 21.6 Å². The molecule has 2 aromatic carbocycles. The molecule has 0 aromatic heterocycles. The average Bonchev–Trinajstić information content (AvgIpc) is 2.77. The van der Waals surface area contributed by atoms with Crippen LogP contribution in [0.25, 0.3) is 5.57 Å². The van der Waals surface area contributed by atoms with E-state index < -0.39 is 0 Å². The predicted octanol–water partition coefficient (Wildman–Crippen LogP) is 3.89. The highest BCUT2D eigenvalue weighted by Gasteiger charge is 2.07. The van der Waals surface area contributed by atoms with Crippen molar-refractivity contribution in [1.29, 1.82) is 10.7 Å². The van der Waals surface area contributed by atoms with Crippen molar-refractivity contribution in [3.05, 3.63) is 76.9 Å². The molecule has 0 unspecified atom stereocenters. The predicted molar refractivity (Wildman–Crippen MR) is 126 cm³/mol. The molecule has 0 aliphatic carbocycles.